The van der Waals surface area contributed by atoms with Gasteiger partial charge in [0.15, 0.2) is 0 Å². The van der Waals surface area contributed by atoms with Crippen molar-refractivity contribution in [1.82, 2.24) is 4.90 Å². The fourth-order valence-corrected chi connectivity index (χ4v) is 6.98. The van der Waals surface area contributed by atoms with E-state index in [2.05, 4.69) is 31.9 Å². The molecular formula is C17H21Br2NO4. The molecule has 0 radical (unpaired) electrons. The third-order valence-electron chi connectivity index (χ3n) is 6.22. The smallest absolute Gasteiger partial charge is 0.326 e. The first-order valence-corrected chi connectivity index (χ1v) is 10.6. The number of rotatable bonds is 3. The Balaban J connectivity index is 1.43. The van der Waals surface area contributed by atoms with E-state index >= 15 is 0 Å². The maximum atomic E-state index is 12.7. The lowest BCUT2D eigenvalue weighted by atomic mass is 9.81. The van der Waals surface area contributed by atoms with Gasteiger partial charge in [0, 0.05) is 9.65 Å². The summed E-state index contributed by atoms with van der Waals surface area (Å²) < 4.78 is 5.48. The maximum absolute atomic E-state index is 12.7. The molecule has 1 saturated heterocycles. The van der Waals surface area contributed by atoms with Crippen molar-refractivity contribution in [3.05, 3.63) is 0 Å². The van der Waals surface area contributed by atoms with Gasteiger partial charge in [-0.25, -0.2) is 0 Å². The topological polar surface area (TPSA) is 63.7 Å². The second-order valence-corrected chi connectivity index (χ2v) is 9.63. The number of imide groups is 1. The standard InChI is InChI=1S/C17H21Br2NO4/c18-14-9-6-10(15(14)19)13-12(9)16(22)20(17(13)23)7-11(21)24-8-4-2-1-3-5-8/h8-10,12-15H,1-7H2/t9-,10-,12-,13+,14+,15+/m1/s1. The highest BCUT2D eigenvalue weighted by molar-refractivity contribution is 9.12. The molecule has 0 aromatic heterocycles. The molecule has 3 aliphatic carbocycles. The largest absolute Gasteiger partial charge is 0.461 e. The first-order chi connectivity index (χ1) is 11.5. The van der Waals surface area contributed by atoms with E-state index in [4.69, 9.17) is 4.74 Å². The first-order valence-electron chi connectivity index (χ1n) is 8.82. The van der Waals surface area contributed by atoms with Crippen LogP contribution in [0.3, 0.4) is 0 Å². The van der Waals surface area contributed by atoms with Gasteiger partial charge >= 0.3 is 5.97 Å². The maximum Gasteiger partial charge on any atom is 0.326 e. The molecule has 0 N–H and O–H groups in total. The summed E-state index contributed by atoms with van der Waals surface area (Å²) in [5.41, 5.74) is 0. The van der Waals surface area contributed by atoms with Gasteiger partial charge in [-0.1, -0.05) is 38.3 Å². The summed E-state index contributed by atoms with van der Waals surface area (Å²) in [5, 5.41) is 0. The van der Waals surface area contributed by atoms with E-state index in [1.165, 1.54) is 6.42 Å². The second kappa shape index (κ2) is 6.38. The average Bonchev–Trinajstić information content (AvgIpc) is 3.16. The van der Waals surface area contributed by atoms with Crippen molar-refractivity contribution < 1.29 is 19.1 Å². The summed E-state index contributed by atoms with van der Waals surface area (Å²) in [6.45, 7) is -0.222. The lowest BCUT2D eigenvalue weighted by Crippen LogP contribution is -2.39. The third kappa shape index (κ3) is 2.57. The van der Waals surface area contributed by atoms with Gasteiger partial charge in [0.05, 0.1) is 11.8 Å². The molecule has 0 spiro atoms. The molecule has 6 atom stereocenters. The average molecular weight is 463 g/mol. The van der Waals surface area contributed by atoms with E-state index in [1.54, 1.807) is 0 Å². The van der Waals surface area contributed by atoms with Crippen molar-refractivity contribution in [2.45, 2.75) is 54.3 Å². The minimum Gasteiger partial charge on any atom is -0.461 e. The molecule has 0 unspecified atom stereocenters. The van der Waals surface area contributed by atoms with Crippen molar-refractivity contribution in [2.24, 2.45) is 23.7 Å². The van der Waals surface area contributed by atoms with Gasteiger partial charge in [-0.15, -0.1) is 0 Å². The number of halogens is 2. The number of fused-ring (bicyclic) bond motifs is 5. The highest BCUT2D eigenvalue weighted by Crippen LogP contribution is 2.60. The summed E-state index contributed by atoms with van der Waals surface area (Å²) in [4.78, 5) is 39.2. The molecule has 2 bridgehead atoms. The van der Waals surface area contributed by atoms with E-state index in [9.17, 15) is 14.4 Å². The molecule has 1 aliphatic heterocycles. The number of alkyl halides is 2. The number of hydrogen-bond acceptors (Lipinski definition) is 4. The Morgan fingerprint density at radius 2 is 1.54 bits per heavy atom. The molecule has 0 aromatic rings. The number of amides is 2. The zero-order valence-corrected chi connectivity index (χ0v) is 16.5. The normalized spacial score (nSPS) is 41.8. The lowest BCUT2D eigenvalue weighted by molar-refractivity contribution is -0.158. The molecule has 4 aliphatic rings. The van der Waals surface area contributed by atoms with Gasteiger partial charge in [-0.05, 0) is 43.9 Å². The number of carbonyl (C=O) groups is 3. The Kier molecular flexibility index (Phi) is 4.52. The first kappa shape index (κ1) is 17.0. The molecular weight excluding hydrogens is 442 g/mol. The highest BCUT2D eigenvalue weighted by atomic mass is 79.9. The summed E-state index contributed by atoms with van der Waals surface area (Å²) >= 11 is 7.32. The van der Waals surface area contributed by atoms with Crippen molar-refractivity contribution in [1.29, 1.82) is 0 Å². The summed E-state index contributed by atoms with van der Waals surface area (Å²) in [7, 11) is 0. The van der Waals surface area contributed by atoms with Crippen molar-refractivity contribution in [3.63, 3.8) is 0 Å². The Labute approximate surface area is 158 Å². The SMILES string of the molecule is O=C(CN1C(=O)[C@@H]2[C@H]3C[C@@H]([C@H](Br)[C@H]3Br)[C@@H]2C1=O)OC1CCCCC1. The van der Waals surface area contributed by atoms with Gasteiger partial charge in [0.25, 0.3) is 0 Å². The molecule has 3 saturated carbocycles. The molecule has 4 rings (SSSR count). The minimum atomic E-state index is -0.443. The van der Waals surface area contributed by atoms with Crippen LogP contribution in [0.15, 0.2) is 0 Å². The van der Waals surface area contributed by atoms with Crippen molar-refractivity contribution in [2.75, 3.05) is 6.54 Å². The summed E-state index contributed by atoms with van der Waals surface area (Å²) in [6, 6.07) is 0. The predicted molar refractivity (Wildman–Crippen MR) is 93.7 cm³/mol. The Hall–Kier alpha value is -0.430. The number of nitrogens with zero attached hydrogens (tertiary/aromatic N) is 1. The van der Waals surface area contributed by atoms with E-state index < -0.39 is 5.97 Å². The van der Waals surface area contributed by atoms with Crippen LogP contribution in [0.1, 0.15) is 38.5 Å². The fourth-order valence-electron chi connectivity index (χ4n) is 5.10. The molecule has 7 heteroatoms. The Morgan fingerprint density at radius 3 is 2.08 bits per heavy atom. The Morgan fingerprint density at radius 1 is 1.00 bits per heavy atom. The zero-order chi connectivity index (χ0) is 17.0. The number of ether oxygens (including phenoxy) is 1. The van der Waals surface area contributed by atoms with Crippen LogP contribution in [0.4, 0.5) is 0 Å². The summed E-state index contributed by atoms with van der Waals surface area (Å²) in [5.74, 6) is -0.961. The van der Waals surface area contributed by atoms with Crippen molar-refractivity contribution in [3.8, 4) is 0 Å². The van der Waals surface area contributed by atoms with Crippen LogP contribution in [-0.2, 0) is 19.1 Å². The van der Waals surface area contributed by atoms with Gasteiger partial charge in [-0.2, -0.15) is 0 Å². The van der Waals surface area contributed by atoms with Crippen LogP contribution in [-0.4, -0.2) is 45.0 Å². The van der Waals surface area contributed by atoms with Crippen LogP contribution >= 0.6 is 31.9 Å². The molecule has 5 nitrogen and oxygen atoms in total. The third-order valence-corrected chi connectivity index (χ3v) is 9.42. The fraction of sp³-hybridized carbons (Fsp3) is 0.824. The number of hydrogen-bond donors (Lipinski definition) is 0. The van der Waals surface area contributed by atoms with Crippen LogP contribution in [0.2, 0.25) is 0 Å². The van der Waals surface area contributed by atoms with Gasteiger partial charge in [0.1, 0.15) is 12.6 Å². The van der Waals surface area contributed by atoms with Gasteiger partial charge < -0.3 is 4.74 Å². The number of likely N-dealkylation sites (tertiary alicyclic amines) is 1. The lowest BCUT2D eigenvalue weighted by Gasteiger charge is -2.28. The van der Waals surface area contributed by atoms with Crippen LogP contribution in [0.5, 0.6) is 0 Å². The molecule has 132 valence electrons. The summed E-state index contributed by atoms with van der Waals surface area (Å²) in [6.07, 6.45) is 5.97. The van der Waals surface area contributed by atoms with E-state index in [1.807, 2.05) is 0 Å². The monoisotopic (exact) mass is 461 g/mol. The molecule has 1 heterocycles. The molecule has 2 amide bonds. The van der Waals surface area contributed by atoms with Crippen LogP contribution in [0, 0.1) is 23.7 Å². The highest BCUT2D eigenvalue weighted by Gasteiger charge is 2.66. The van der Waals surface area contributed by atoms with Gasteiger partial charge in [-0.3, -0.25) is 19.3 Å². The van der Waals surface area contributed by atoms with E-state index in [0.29, 0.717) is 0 Å². The number of esters is 1. The van der Waals surface area contributed by atoms with E-state index in [0.717, 1.165) is 37.0 Å². The van der Waals surface area contributed by atoms with Crippen LogP contribution < -0.4 is 0 Å². The predicted octanol–water partition coefficient (Wildman–Crippen LogP) is 2.64. The van der Waals surface area contributed by atoms with E-state index in [-0.39, 0.29) is 57.8 Å². The second-order valence-electron chi connectivity index (χ2n) is 7.52. The molecule has 4 fully saturated rings. The van der Waals surface area contributed by atoms with Gasteiger partial charge in [0.2, 0.25) is 11.8 Å². The molecule has 24 heavy (non-hydrogen) atoms. The van der Waals surface area contributed by atoms with Crippen molar-refractivity contribution >= 4 is 49.6 Å². The molecule has 0 aromatic carbocycles. The minimum absolute atomic E-state index is 0.0476. The quantitative estimate of drug-likeness (QED) is 0.367. The zero-order valence-electron chi connectivity index (χ0n) is 13.3. The van der Waals surface area contributed by atoms with Crippen LogP contribution in [0.25, 0.3) is 0 Å². The Bertz CT molecular complexity index is 545. The number of carbonyl (C=O) groups excluding carboxylic acids is 3.